The molecule has 126 valence electrons. The van der Waals surface area contributed by atoms with E-state index in [4.69, 9.17) is 9.47 Å². The summed E-state index contributed by atoms with van der Waals surface area (Å²) in [4.78, 5) is 10.4. The third-order valence-corrected chi connectivity index (χ3v) is 5.36. The minimum atomic E-state index is -0.404. The zero-order chi connectivity index (χ0) is 15.6. The minimum Gasteiger partial charge on any atom is -0.373 e. The summed E-state index contributed by atoms with van der Waals surface area (Å²) in [6.07, 6.45) is 9.92. The molecule has 0 radical (unpaired) electrons. The SMILES string of the molecule is Fc1cnc(N2C[C@H](OCC3CCCC3)[C@H]3OCCC[C@H]32)nc1. The van der Waals surface area contributed by atoms with Crippen molar-refractivity contribution in [2.75, 3.05) is 24.7 Å². The summed E-state index contributed by atoms with van der Waals surface area (Å²) in [7, 11) is 0. The van der Waals surface area contributed by atoms with Crippen LogP contribution in [-0.2, 0) is 9.47 Å². The molecule has 4 rings (SSSR count). The van der Waals surface area contributed by atoms with Crippen LogP contribution < -0.4 is 4.90 Å². The van der Waals surface area contributed by atoms with Gasteiger partial charge in [0.05, 0.1) is 25.0 Å². The van der Waals surface area contributed by atoms with Gasteiger partial charge in [-0.2, -0.15) is 0 Å². The molecule has 1 aromatic heterocycles. The zero-order valence-corrected chi connectivity index (χ0v) is 13.4. The smallest absolute Gasteiger partial charge is 0.225 e. The normalized spacial score (nSPS) is 31.5. The van der Waals surface area contributed by atoms with Crippen LogP contribution in [0.2, 0.25) is 0 Å². The van der Waals surface area contributed by atoms with Gasteiger partial charge in [-0.25, -0.2) is 14.4 Å². The lowest BCUT2D eigenvalue weighted by Gasteiger charge is -2.32. The molecule has 1 aromatic rings. The molecule has 5 nitrogen and oxygen atoms in total. The van der Waals surface area contributed by atoms with Gasteiger partial charge < -0.3 is 14.4 Å². The fraction of sp³-hybridized carbons (Fsp3) is 0.765. The highest BCUT2D eigenvalue weighted by Gasteiger charge is 2.46. The third kappa shape index (κ3) is 3.19. The monoisotopic (exact) mass is 321 g/mol. The quantitative estimate of drug-likeness (QED) is 0.853. The van der Waals surface area contributed by atoms with Crippen molar-refractivity contribution in [2.24, 2.45) is 5.92 Å². The van der Waals surface area contributed by atoms with Crippen LogP contribution >= 0.6 is 0 Å². The average Bonchev–Trinajstić information content (AvgIpc) is 3.21. The topological polar surface area (TPSA) is 47.5 Å². The first-order chi connectivity index (χ1) is 11.3. The molecule has 0 aromatic carbocycles. The van der Waals surface area contributed by atoms with Crippen molar-refractivity contribution in [3.8, 4) is 0 Å². The molecule has 3 atom stereocenters. The molecule has 2 saturated heterocycles. The molecule has 6 heteroatoms. The van der Waals surface area contributed by atoms with E-state index in [9.17, 15) is 4.39 Å². The molecule has 0 amide bonds. The summed E-state index contributed by atoms with van der Waals surface area (Å²) in [6.45, 7) is 2.35. The highest BCUT2D eigenvalue weighted by molar-refractivity contribution is 5.35. The third-order valence-electron chi connectivity index (χ3n) is 5.36. The fourth-order valence-electron chi connectivity index (χ4n) is 4.18. The van der Waals surface area contributed by atoms with Gasteiger partial charge in [0.15, 0.2) is 5.82 Å². The summed E-state index contributed by atoms with van der Waals surface area (Å²) < 4.78 is 25.3. The second kappa shape index (κ2) is 6.69. The molecule has 1 saturated carbocycles. The molecule has 0 unspecified atom stereocenters. The minimum absolute atomic E-state index is 0.0644. The summed E-state index contributed by atoms with van der Waals surface area (Å²) in [6, 6.07) is 0.239. The summed E-state index contributed by atoms with van der Waals surface area (Å²) >= 11 is 0. The van der Waals surface area contributed by atoms with Crippen molar-refractivity contribution in [1.29, 1.82) is 0 Å². The second-order valence-corrected chi connectivity index (χ2v) is 6.92. The standard InChI is InChI=1S/C17H24FN3O2/c18-13-8-19-17(20-9-13)21-10-15(16-14(21)6-3-7-22-16)23-11-12-4-1-2-5-12/h8-9,12,14-16H,1-7,10-11H2/t14-,15+,16+/m1/s1. The van der Waals surface area contributed by atoms with Crippen LogP contribution in [0.15, 0.2) is 12.4 Å². The van der Waals surface area contributed by atoms with Crippen molar-refractivity contribution >= 4 is 5.95 Å². The molecule has 3 aliphatic rings. The van der Waals surface area contributed by atoms with E-state index in [1.54, 1.807) is 0 Å². The molecule has 1 aliphatic carbocycles. The molecule has 23 heavy (non-hydrogen) atoms. The Bertz CT molecular complexity index is 521. The van der Waals surface area contributed by atoms with Gasteiger partial charge in [0.25, 0.3) is 0 Å². The second-order valence-electron chi connectivity index (χ2n) is 6.92. The lowest BCUT2D eigenvalue weighted by atomic mass is 10.0. The van der Waals surface area contributed by atoms with E-state index in [2.05, 4.69) is 14.9 Å². The van der Waals surface area contributed by atoms with Gasteiger partial charge in [-0.1, -0.05) is 12.8 Å². The first-order valence-electron chi connectivity index (χ1n) is 8.78. The predicted octanol–water partition coefficient (Wildman–Crippen LogP) is 2.56. The maximum Gasteiger partial charge on any atom is 0.225 e. The molecule has 0 bridgehead atoms. The largest absolute Gasteiger partial charge is 0.373 e. The highest BCUT2D eigenvalue weighted by Crippen LogP contribution is 2.34. The highest BCUT2D eigenvalue weighted by atomic mass is 19.1. The van der Waals surface area contributed by atoms with Gasteiger partial charge >= 0.3 is 0 Å². The number of halogens is 1. The van der Waals surface area contributed by atoms with E-state index in [0.29, 0.717) is 11.9 Å². The molecule has 2 aliphatic heterocycles. The van der Waals surface area contributed by atoms with Gasteiger partial charge in [0.2, 0.25) is 5.95 Å². The Balaban J connectivity index is 1.46. The summed E-state index contributed by atoms with van der Waals surface area (Å²) in [5.74, 6) is 0.880. The molecular weight excluding hydrogens is 297 g/mol. The Morgan fingerprint density at radius 2 is 1.96 bits per heavy atom. The fourth-order valence-corrected chi connectivity index (χ4v) is 4.18. The van der Waals surface area contributed by atoms with Crippen LogP contribution in [0.25, 0.3) is 0 Å². The van der Waals surface area contributed by atoms with Crippen LogP contribution in [0.4, 0.5) is 10.3 Å². The van der Waals surface area contributed by atoms with Gasteiger partial charge in [0, 0.05) is 13.2 Å². The molecule has 0 spiro atoms. The van der Waals surface area contributed by atoms with E-state index in [1.165, 1.54) is 38.1 Å². The van der Waals surface area contributed by atoms with Crippen molar-refractivity contribution in [3.05, 3.63) is 18.2 Å². The number of anilines is 1. The average molecular weight is 321 g/mol. The Morgan fingerprint density at radius 3 is 2.74 bits per heavy atom. The Morgan fingerprint density at radius 1 is 1.17 bits per heavy atom. The van der Waals surface area contributed by atoms with Crippen LogP contribution in [0.3, 0.4) is 0 Å². The van der Waals surface area contributed by atoms with Crippen LogP contribution in [0.5, 0.6) is 0 Å². The molecular formula is C17H24FN3O2. The van der Waals surface area contributed by atoms with E-state index < -0.39 is 5.82 Å². The zero-order valence-electron chi connectivity index (χ0n) is 13.4. The number of fused-ring (bicyclic) bond motifs is 1. The van der Waals surface area contributed by atoms with Crippen LogP contribution in [-0.4, -0.2) is 48.0 Å². The predicted molar refractivity (Wildman–Crippen MR) is 83.8 cm³/mol. The van der Waals surface area contributed by atoms with Crippen molar-refractivity contribution in [2.45, 2.75) is 56.8 Å². The number of hydrogen-bond acceptors (Lipinski definition) is 5. The first-order valence-corrected chi connectivity index (χ1v) is 8.78. The van der Waals surface area contributed by atoms with Crippen molar-refractivity contribution in [1.82, 2.24) is 9.97 Å². The molecule has 3 heterocycles. The first kappa shape index (κ1) is 15.3. The van der Waals surface area contributed by atoms with Crippen molar-refractivity contribution in [3.63, 3.8) is 0 Å². The summed E-state index contributed by atoms with van der Waals surface area (Å²) in [5.41, 5.74) is 0. The number of rotatable bonds is 4. The maximum absolute atomic E-state index is 13.1. The van der Waals surface area contributed by atoms with Gasteiger partial charge in [-0.3, -0.25) is 0 Å². The summed E-state index contributed by atoms with van der Waals surface area (Å²) in [5, 5.41) is 0. The lowest BCUT2D eigenvalue weighted by Crippen LogP contribution is -2.42. The van der Waals surface area contributed by atoms with E-state index >= 15 is 0 Å². The Labute approximate surface area is 136 Å². The van der Waals surface area contributed by atoms with Gasteiger partial charge in [-0.15, -0.1) is 0 Å². The Hall–Kier alpha value is -1.27. The van der Waals surface area contributed by atoms with E-state index in [-0.39, 0.29) is 18.2 Å². The number of aromatic nitrogens is 2. The maximum atomic E-state index is 13.1. The number of ether oxygens (including phenoxy) is 2. The Kier molecular flexibility index (Phi) is 4.44. The van der Waals surface area contributed by atoms with Gasteiger partial charge in [0.1, 0.15) is 12.2 Å². The lowest BCUT2D eigenvalue weighted by molar-refractivity contribution is -0.0797. The van der Waals surface area contributed by atoms with Crippen LogP contribution in [0, 0.1) is 11.7 Å². The van der Waals surface area contributed by atoms with Crippen molar-refractivity contribution < 1.29 is 13.9 Å². The van der Waals surface area contributed by atoms with Gasteiger partial charge in [-0.05, 0) is 31.6 Å². The van der Waals surface area contributed by atoms with Crippen LogP contribution in [0.1, 0.15) is 38.5 Å². The van der Waals surface area contributed by atoms with E-state index in [1.807, 2.05) is 0 Å². The number of nitrogens with zero attached hydrogens (tertiary/aromatic N) is 3. The number of hydrogen-bond donors (Lipinski definition) is 0. The molecule has 0 N–H and O–H groups in total. The molecule has 3 fully saturated rings. The van der Waals surface area contributed by atoms with E-state index in [0.717, 1.165) is 32.6 Å².